The van der Waals surface area contributed by atoms with Crippen LogP contribution in [0.2, 0.25) is 0 Å². The van der Waals surface area contributed by atoms with E-state index < -0.39 is 0 Å². The number of hydrogen-bond donors (Lipinski definition) is 0. The maximum absolute atomic E-state index is 2.57. The lowest BCUT2D eigenvalue weighted by molar-refractivity contribution is 0.590. The van der Waals surface area contributed by atoms with Crippen LogP contribution in [0.4, 0.5) is 17.1 Å². The van der Waals surface area contributed by atoms with E-state index in [1.54, 1.807) is 0 Å². The third-order valence-electron chi connectivity index (χ3n) is 17.4. The van der Waals surface area contributed by atoms with Gasteiger partial charge in [0.2, 0.25) is 0 Å². The highest BCUT2D eigenvalue weighted by molar-refractivity contribution is 6.28. The molecule has 2 nitrogen and oxygen atoms in total. The molecule has 0 N–H and O–H groups in total. The second-order valence-electron chi connectivity index (χ2n) is 27.0. The fourth-order valence-electron chi connectivity index (χ4n) is 12.8. The van der Waals surface area contributed by atoms with Gasteiger partial charge < -0.3 is 9.47 Å². The molecule has 12 aromatic carbocycles. The zero-order valence-corrected chi connectivity index (χ0v) is 49.8. The lowest BCUT2D eigenvalue weighted by Gasteiger charge is -2.32. The Morgan fingerprint density at radius 1 is 0.268 bits per heavy atom. The Kier molecular flexibility index (Phi) is 12.5. The largest absolute Gasteiger partial charge is 0.309 e. The van der Waals surface area contributed by atoms with Crippen molar-refractivity contribution in [2.45, 2.75) is 105 Å². The van der Waals surface area contributed by atoms with E-state index in [0.29, 0.717) is 0 Å². The Morgan fingerprint density at radius 3 is 1.06 bits per heavy atom. The van der Waals surface area contributed by atoms with Crippen LogP contribution in [0.25, 0.3) is 104 Å². The minimum Gasteiger partial charge on any atom is -0.309 e. The van der Waals surface area contributed by atoms with Crippen molar-refractivity contribution in [1.29, 1.82) is 0 Å². The average molecular weight is 1060 g/mol. The van der Waals surface area contributed by atoms with Crippen molar-refractivity contribution in [3.05, 3.63) is 253 Å². The van der Waals surface area contributed by atoms with Crippen molar-refractivity contribution >= 4 is 71.2 Å². The molecule has 0 spiro atoms. The number of para-hydroxylation sites is 2. The van der Waals surface area contributed by atoms with Crippen LogP contribution in [0.1, 0.15) is 105 Å². The van der Waals surface area contributed by atoms with Crippen molar-refractivity contribution in [2.24, 2.45) is 0 Å². The average Bonchev–Trinajstić information content (AvgIpc) is 1.97. The molecule has 1 heterocycles. The van der Waals surface area contributed by atoms with Gasteiger partial charge in [-0.05, 0) is 147 Å². The molecule has 0 saturated heterocycles. The highest BCUT2D eigenvalue weighted by Gasteiger charge is 2.28. The molecule has 0 unspecified atom stereocenters. The Bertz CT molecular complexity index is 4360. The molecule has 13 aromatic rings. The van der Waals surface area contributed by atoms with E-state index in [0.717, 1.165) is 28.2 Å². The molecule has 0 atom stereocenters. The Balaban J connectivity index is 1.07. The van der Waals surface area contributed by atoms with Crippen LogP contribution in [-0.2, 0) is 21.7 Å². The molecular formula is C80H74N2. The van der Waals surface area contributed by atoms with Crippen LogP contribution < -0.4 is 4.90 Å². The van der Waals surface area contributed by atoms with Crippen LogP contribution in [0, 0.1) is 0 Å². The van der Waals surface area contributed by atoms with E-state index in [1.165, 1.54) is 115 Å². The van der Waals surface area contributed by atoms with E-state index in [2.05, 4.69) is 323 Å². The maximum atomic E-state index is 2.57. The molecular weight excluding hydrogens is 989 g/mol. The minimum atomic E-state index is 0.00732. The molecule has 2 heteroatoms. The molecule has 1 aromatic heterocycles. The van der Waals surface area contributed by atoms with Crippen molar-refractivity contribution in [3.8, 4) is 50.2 Å². The van der Waals surface area contributed by atoms with Crippen molar-refractivity contribution in [3.63, 3.8) is 0 Å². The lowest BCUT2D eigenvalue weighted by atomic mass is 9.85. The van der Waals surface area contributed by atoms with Gasteiger partial charge in [0.25, 0.3) is 0 Å². The highest BCUT2D eigenvalue weighted by Crippen LogP contribution is 2.52. The van der Waals surface area contributed by atoms with E-state index >= 15 is 0 Å². The van der Waals surface area contributed by atoms with E-state index in [-0.39, 0.29) is 21.7 Å². The third kappa shape index (κ3) is 9.05. The van der Waals surface area contributed by atoms with E-state index in [9.17, 15) is 0 Å². The normalized spacial score (nSPS) is 12.6. The monoisotopic (exact) mass is 1060 g/mol. The molecule has 0 aliphatic heterocycles. The molecule has 0 aliphatic rings. The molecule has 13 rings (SSSR count). The van der Waals surface area contributed by atoms with Gasteiger partial charge in [0.05, 0.1) is 33.8 Å². The summed E-state index contributed by atoms with van der Waals surface area (Å²) in [7, 11) is 0. The highest BCUT2D eigenvalue weighted by atomic mass is 15.1. The Morgan fingerprint density at radius 2 is 0.622 bits per heavy atom. The zero-order chi connectivity index (χ0) is 57.0. The maximum Gasteiger partial charge on any atom is 0.0541 e. The first-order valence-corrected chi connectivity index (χ1v) is 29.4. The molecule has 0 saturated carbocycles. The number of benzene rings is 12. The summed E-state index contributed by atoms with van der Waals surface area (Å²) in [6.45, 7) is 27.6. The first-order chi connectivity index (χ1) is 39.2. The lowest BCUT2D eigenvalue weighted by Crippen LogP contribution is -2.13. The summed E-state index contributed by atoms with van der Waals surface area (Å²) in [5, 5.41) is 10.00. The molecule has 0 aliphatic carbocycles. The van der Waals surface area contributed by atoms with Crippen LogP contribution >= 0.6 is 0 Å². The quantitative estimate of drug-likeness (QED) is 0.138. The SMILES string of the molecule is CC(C)(C)c1ccc(-c2ccccc2-c2ccccc2N(c2ccccc2-c2ccccc2-c2ccc(C(C)(C)C)cc2)c2ccc3ccc4c(-n5c6ccc(C(C)(C)C)cc6c6cc(C(C)(C)C)ccc65)ccc5ccc2c3c54)cc1. The van der Waals surface area contributed by atoms with Gasteiger partial charge in [0.1, 0.15) is 0 Å². The molecule has 0 bridgehead atoms. The summed E-state index contributed by atoms with van der Waals surface area (Å²) in [5.74, 6) is 0. The minimum absolute atomic E-state index is 0.00732. The van der Waals surface area contributed by atoms with Gasteiger partial charge in [0, 0.05) is 32.7 Å². The summed E-state index contributed by atoms with van der Waals surface area (Å²) in [4.78, 5) is 2.57. The summed E-state index contributed by atoms with van der Waals surface area (Å²) in [5.41, 5.74) is 21.9. The smallest absolute Gasteiger partial charge is 0.0541 e. The summed E-state index contributed by atoms with van der Waals surface area (Å²) >= 11 is 0. The second kappa shape index (κ2) is 19.5. The van der Waals surface area contributed by atoms with Crippen molar-refractivity contribution < 1.29 is 0 Å². The Hall–Kier alpha value is -8.72. The standard InChI is InChI=1S/C80H74N2/c1-77(2,3)55-37-29-51(30-38-55)59-21-13-15-23-61(59)63-25-17-19-27-69(63)81(70-28-20-18-26-64(70)62-24-16-14-22-60(62)52-31-39-56(40-32-52)78(4,5)6)71-45-35-53-34-44-66-72(46-36-54-33-43-65(71)75(53)76(54)66)82-73-47-41-57(79(7,8)9)49-67(73)68-50-58(80(10,11)12)42-48-74(68)82/h13-50H,1-12H3. The number of anilines is 3. The summed E-state index contributed by atoms with van der Waals surface area (Å²) in [6, 6.07) is 87.7. The zero-order valence-electron chi connectivity index (χ0n) is 49.8. The van der Waals surface area contributed by atoms with Gasteiger partial charge in [-0.15, -0.1) is 0 Å². The number of rotatable bonds is 8. The van der Waals surface area contributed by atoms with Crippen LogP contribution in [0.3, 0.4) is 0 Å². The van der Waals surface area contributed by atoms with E-state index in [1.807, 2.05) is 0 Å². The Labute approximate surface area is 485 Å². The van der Waals surface area contributed by atoms with Gasteiger partial charge in [-0.3, -0.25) is 0 Å². The summed E-state index contributed by atoms with van der Waals surface area (Å²) < 4.78 is 2.54. The number of nitrogens with zero attached hydrogens (tertiary/aromatic N) is 2. The summed E-state index contributed by atoms with van der Waals surface area (Å²) in [6.07, 6.45) is 0. The van der Waals surface area contributed by atoms with Gasteiger partial charge in [-0.1, -0.05) is 265 Å². The van der Waals surface area contributed by atoms with Gasteiger partial charge >= 0.3 is 0 Å². The predicted octanol–water partition coefficient (Wildman–Crippen LogP) is 23.0. The topological polar surface area (TPSA) is 8.17 Å². The molecule has 82 heavy (non-hydrogen) atoms. The predicted molar refractivity (Wildman–Crippen MR) is 356 cm³/mol. The van der Waals surface area contributed by atoms with Crippen molar-refractivity contribution in [2.75, 3.05) is 4.90 Å². The van der Waals surface area contributed by atoms with Crippen molar-refractivity contribution in [1.82, 2.24) is 4.57 Å². The van der Waals surface area contributed by atoms with Gasteiger partial charge in [-0.2, -0.15) is 0 Å². The molecule has 0 amide bonds. The number of aromatic nitrogens is 1. The number of fused-ring (bicyclic) bond motifs is 3. The number of hydrogen-bond acceptors (Lipinski definition) is 1. The van der Waals surface area contributed by atoms with E-state index in [4.69, 9.17) is 0 Å². The third-order valence-corrected chi connectivity index (χ3v) is 17.4. The van der Waals surface area contributed by atoms with Crippen LogP contribution in [-0.4, -0.2) is 4.57 Å². The fraction of sp³-hybridized carbons (Fsp3) is 0.200. The molecule has 404 valence electrons. The van der Waals surface area contributed by atoms with Gasteiger partial charge in [-0.25, -0.2) is 0 Å². The molecule has 0 radical (unpaired) electrons. The van der Waals surface area contributed by atoms with Gasteiger partial charge in [0.15, 0.2) is 0 Å². The first kappa shape index (κ1) is 52.6. The molecule has 0 fully saturated rings. The fourth-order valence-corrected chi connectivity index (χ4v) is 12.8. The van der Waals surface area contributed by atoms with Crippen LogP contribution in [0.5, 0.6) is 0 Å². The second-order valence-corrected chi connectivity index (χ2v) is 27.0. The van der Waals surface area contributed by atoms with Crippen LogP contribution in [0.15, 0.2) is 231 Å². The first-order valence-electron chi connectivity index (χ1n) is 29.4.